The Hall–Kier alpha value is -1.56. The molecular formula is C17H24ClN3O2. The number of para-hydroxylation sites is 1. The molecule has 1 fully saturated rings. The number of H-pyrrole nitrogens is 1. The van der Waals surface area contributed by atoms with E-state index in [-0.39, 0.29) is 18.3 Å². The predicted molar refractivity (Wildman–Crippen MR) is 93.8 cm³/mol. The van der Waals surface area contributed by atoms with Crippen molar-refractivity contribution in [3.05, 3.63) is 36.0 Å². The van der Waals surface area contributed by atoms with Crippen LogP contribution in [0.15, 0.2) is 30.5 Å². The number of fused-ring (bicyclic) bond motifs is 1. The molecule has 0 aliphatic heterocycles. The number of ether oxygens (including phenoxy) is 1. The van der Waals surface area contributed by atoms with E-state index in [9.17, 15) is 4.79 Å². The summed E-state index contributed by atoms with van der Waals surface area (Å²) in [6.45, 7) is 1.90. The minimum atomic E-state index is -0.539. The molecule has 4 N–H and O–H groups in total. The average Bonchev–Trinajstić information content (AvgIpc) is 3.27. The standard InChI is InChI=1S/C17H23N3O2.ClH/c18-15(17(21)19-7-8-22-11-12-5-6-12)9-13-10-20-16-4-2-1-3-14(13)16;/h1-4,10,12,15,20H,5-9,11,18H2,(H,19,21);1H/t15-;/m0./s1. The molecule has 126 valence electrons. The van der Waals surface area contributed by atoms with E-state index in [0.717, 1.165) is 29.0 Å². The Balaban J connectivity index is 0.00000192. The molecule has 2 aromatic rings. The molecule has 1 saturated carbocycles. The fourth-order valence-corrected chi connectivity index (χ4v) is 2.54. The number of hydrogen-bond donors (Lipinski definition) is 3. The van der Waals surface area contributed by atoms with Gasteiger partial charge in [-0.25, -0.2) is 0 Å². The highest BCUT2D eigenvalue weighted by Gasteiger charge is 2.21. The SMILES string of the molecule is Cl.N[C@@H](Cc1c[nH]c2ccccc12)C(=O)NCCOCC1CC1. The van der Waals surface area contributed by atoms with Crippen LogP contribution in [0.4, 0.5) is 0 Å². The Morgan fingerprint density at radius 3 is 2.96 bits per heavy atom. The van der Waals surface area contributed by atoms with E-state index in [2.05, 4.69) is 10.3 Å². The van der Waals surface area contributed by atoms with Gasteiger partial charge in [-0.1, -0.05) is 18.2 Å². The molecule has 0 saturated heterocycles. The third kappa shape index (κ3) is 4.96. The number of aromatic amines is 1. The molecule has 1 aromatic heterocycles. The number of hydrogen-bond acceptors (Lipinski definition) is 3. The zero-order valence-electron chi connectivity index (χ0n) is 13.1. The maximum absolute atomic E-state index is 12.0. The Kier molecular flexibility index (Phi) is 6.45. The molecule has 3 rings (SSSR count). The molecule has 6 heteroatoms. The number of nitrogens with one attached hydrogen (secondary N) is 2. The van der Waals surface area contributed by atoms with Crippen molar-refractivity contribution in [3.63, 3.8) is 0 Å². The Labute approximate surface area is 142 Å². The van der Waals surface area contributed by atoms with Crippen molar-refractivity contribution in [3.8, 4) is 0 Å². The van der Waals surface area contributed by atoms with Crippen LogP contribution in [0.2, 0.25) is 0 Å². The van der Waals surface area contributed by atoms with Gasteiger partial charge in [0, 0.05) is 30.3 Å². The van der Waals surface area contributed by atoms with Crippen LogP contribution in [-0.4, -0.2) is 36.7 Å². The zero-order chi connectivity index (χ0) is 15.4. The third-order valence-electron chi connectivity index (χ3n) is 4.05. The summed E-state index contributed by atoms with van der Waals surface area (Å²) in [5.74, 6) is 0.625. The lowest BCUT2D eigenvalue weighted by atomic mass is 10.1. The topological polar surface area (TPSA) is 80.1 Å². The second-order valence-corrected chi connectivity index (χ2v) is 5.98. The maximum atomic E-state index is 12.0. The van der Waals surface area contributed by atoms with E-state index in [1.54, 1.807) is 0 Å². The van der Waals surface area contributed by atoms with Gasteiger partial charge in [0.25, 0.3) is 0 Å². The zero-order valence-corrected chi connectivity index (χ0v) is 13.9. The van der Waals surface area contributed by atoms with Crippen molar-refractivity contribution in [2.24, 2.45) is 11.7 Å². The molecule has 1 heterocycles. The van der Waals surface area contributed by atoms with Crippen molar-refractivity contribution >= 4 is 29.2 Å². The van der Waals surface area contributed by atoms with E-state index in [1.807, 2.05) is 30.5 Å². The van der Waals surface area contributed by atoms with Gasteiger partial charge in [0.2, 0.25) is 5.91 Å². The van der Waals surface area contributed by atoms with Crippen molar-refractivity contribution < 1.29 is 9.53 Å². The van der Waals surface area contributed by atoms with E-state index >= 15 is 0 Å². The summed E-state index contributed by atoms with van der Waals surface area (Å²) in [7, 11) is 0. The molecule has 23 heavy (non-hydrogen) atoms. The Morgan fingerprint density at radius 1 is 1.39 bits per heavy atom. The molecule has 0 bridgehead atoms. The first-order chi connectivity index (χ1) is 10.7. The van der Waals surface area contributed by atoms with Crippen molar-refractivity contribution in [2.45, 2.75) is 25.3 Å². The van der Waals surface area contributed by atoms with Crippen molar-refractivity contribution in [1.29, 1.82) is 0 Å². The molecule has 1 aliphatic carbocycles. The van der Waals surface area contributed by atoms with E-state index in [4.69, 9.17) is 10.5 Å². The van der Waals surface area contributed by atoms with Crippen LogP contribution in [0.25, 0.3) is 10.9 Å². The normalized spacial score (nSPS) is 15.2. The summed E-state index contributed by atoms with van der Waals surface area (Å²) >= 11 is 0. The fourth-order valence-electron chi connectivity index (χ4n) is 2.54. The first kappa shape index (κ1) is 17.8. The van der Waals surface area contributed by atoms with Gasteiger partial charge in [-0.2, -0.15) is 0 Å². The van der Waals surface area contributed by atoms with Gasteiger partial charge in [0.05, 0.1) is 12.6 Å². The molecule has 1 aliphatic rings. The molecule has 0 unspecified atom stereocenters. The lowest BCUT2D eigenvalue weighted by Crippen LogP contribution is -2.43. The van der Waals surface area contributed by atoms with Gasteiger partial charge in [-0.15, -0.1) is 12.4 Å². The van der Waals surface area contributed by atoms with Crippen LogP contribution >= 0.6 is 12.4 Å². The average molecular weight is 338 g/mol. The summed E-state index contributed by atoms with van der Waals surface area (Å²) < 4.78 is 5.49. The molecular weight excluding hydrogens is 314 g/mol. The minimum absolute atomic E-state index is 0. The maximum Gasteiger partial charge on any atom is 0.237 e. The highest BCUT2D eigenvalue weighted by molar-refractivity contribution is 5.86. The quantitative estimate of drug-likeness (QED) is 0.644. The largest absolute Gasteiger partial charge is 0.379 e. The fraction of sp³-hybridized carbons (Fsp3) is 0.471. The predicted octanol–water partition coefficient (Wildman–Crippen LogP) is 2.00. The number of halogens is 1. The number of carbonyl (C=O) groups excluding carboxylic acids is 1. The lowest BCUT2D eigenvalue weighted by Gasteiger charge is -2.12. The van der Waals surface area contributed by atoms with Gasteiger partial charge in [0.15, 0.2) is 0 Å². The second kappa shape index (κ2) is 8.34. The lowest BCUT2D eigenvalue weighted by molar-refractivity contribution is -0.122. The van der Waals surface area contributed by atoms with Crippen LogP contribution in [-0.2, 0) is 16.0 Å². The summed E-state index contributed by atoms with van der Waals surface area (Å²) in [6, 6.07) is 7.49. The monoisotopic (exact) mass is 337 g/mol. The summed E-state index contributed by atoms with van der Waals surface area (Å²) in [5, 5.41) is 3.96. The number of rotatable bonds is 8. The number of amides is 1. The van der Waals surface area contributed by atoms with Gasteiger partial charge in [-0.05, 0) is 36.8 Å². The Bertz CT molecular complexity index is 640. The van der Waals surface area contributed by atoms with Gasteiger partial charge >= 0.3 is 0 Å². The first-order valence-corrected chi connectivity index (χ1v) is 7.90. The van der Waals surface area contributed by atoms with Gasteiger partial charge < -0.3 is 20.8 Å². The second-order valence-electron chi connectivity index (χ2n) is 5.98. The summed E-state index contributed by atoms with van der Waals surface area (Å²) in [4.78, 5) is 15.2. The van der Waals surface area contributed by atoms with Crippen LogP contribution in [0.5, 0.6) is 0 Å². The van der Waals surface area contributed by atoms with Crippen LogP contribution in [0.1, 0.15) is 18.4 Å². The van der Waals surface area contributed by atoms with E-state index in [1.165, 1.54) is 12.8 Å². The van der Waals surface area contributed by atoms with Gasteiger partial charge in [0.1, 0.15) is 0 Å². The summed E-state index contributed by atoms with van der Waals surface area (Å²) in [5.41, 5.74) is 8.15. The van der Waals surface area contributed by atoms with Crippen molar-refractivity contribution in [2.75, 3.05) is 19.8 Å². The molecule has 1 aromatic carbocycles. The van der Waals surface area contributed by atoms with Crippen LogP contribution < -0.4 is 11.1 Å². The highest BCUT2D eigenvalue weighted by atomic mass is 35.5. The number of nitrogens with two attached hydrogens (primary N) is 1. The molecule has 1 amide bonds. The highest BCUT2D eigenvalue weighted by Crippen LogP contribution is 2.28. The van der Waals surface area contributed by atoms with E-state index in [0.29, 0.717) is 19.6 Å². The number of aromatic nitrogens is 1. The van der Waals surface area contributed by atoms with Crippen molar-refractivity contribution in [1.82, 2.24) is 10.3 Å². The molecule has 0 radical (unpaired) electrons. The summed E-state index contributed by atoms with van der Waals surface area (Å²) in [6.07, 6.45) is 5.01. The first-order valence-electron chi connectivity index (χ1n) is 7.90. The van der Waals surface area contributed by atoms with E-state index < -0.39 is 6.04 Å². The molecule has 1 atom stereocenters. The number of benzene rings is 1. The van der Waals surface area contributed by atoms with Gasteiger partial charge in [-0.3, -0.25) is 4.79 Å². The number of carbonyl (C=O) groups is 1. The minimum Gasteiger partial charge on any atom is -0.379 e. The Morgan fingerprint density at radius 2 is 2.17 bits per heavy atom. The van der Waals surface area contributed by atoms with Crippen LogP contribution in [0, 0.1) is 5.92 Å². The molecule has 0 spiro atoms. The molecule has 5 nitrogen and oxygen atoms in total. The third-order valence-corrected chi connectivity index (χ3v) is 4.05. The smallest absolute Gasteiger partial charge is 0.237 e. The van der Waals surface area contributed by atoms with Crippen LogP contribution in [0.3, 0.4) is 0 Å².